The van der Waals surface area contributed by atoms with E-state index in [2.05, 4.69) is 44.2 Å². The molecule has 2 heterocycles. The lowest BCUT2D eigenvalue weighted by molar-refractivity contribution is 0.568. The Morgan fingerprint density at radius 2 is 1.92 bits per heavy atom. The third kappa shape index (κ3) is 3.64. The van der Waals surface area contributed by atoms with Crippen molar-refractivity contribution in [2.75, 3.05) is 11.9 Å². The van der Waals surface area contributed by atoms with Gasteiger partial charge in [-0.15, -0.1) is 0 Å². The maximum Gasteiger partial charge on any atom is 0.165 e. The minimum absolute atomic E-state index is 0.0506. The molecular weight excluding hydrogens is 332 g/mol. The number of benzene rings is 1. The van der Waals surface area contributed by atoms with Gasteiger partial charge in [0.2, 0.25) is 0 Å². The average Bonchev–Trinajstić information content (AvgIpc) is 2.98. The van der Waals surface area contributed by atoms with E-state index in [0.717, 1.165) is 47.7 Å². The quantitative estimate of drug-likeness (QED) is 0.608. The Morgan fingerprint density at radius 1 is 1.16 bits per heavy atom. The summed E-state index contributed by atoms with van der Waals surface area (Å²) in [5.74, 6) is 0.974. The standard InChI is InChI=1S/C20H25ClN4/c1-5-6-11-22-18-12-17(20(2,3)4)24-19-15(13-23-25(18)19)14-9-7-8-10-16(14)21/h7-10,12-13,22H,5-6,11H2,1-4H3. The molecule has 0 fully saturated rings. The van der Waals surface area contributed by atoms with Crippen LogP contribution in [0.5, 0.6) is 0 Å². The molecule has 25 heavy (non-hydrogen) atoms. The SMILES string of the molecule is CCCCNc1cc(C(C)(C)C)nc2c(-c3ccccc3Cl)cnn12. The number of rotatable bonds is 5. The Kier molecular flexibility index (Phi) is 5.00. The highest BCUT2D eigenvalue weighted by molar-refractivity contribution is 6.33. The van der Waals surface area contributed by atoms with E-state index in [0.29, 0.717) is 5.02 Å². The van der Waals surface area contributed by atoms with E-state index in [1.807, 2.05) is 35.0 Å². The van der Waals surface area contributed by atoms with E-state index in [4.69, 9.17) is 16.6 Å². The van der Waals surface area contributed by atoms with E-state index >= 15 is 0 Å². The van der Waals surface area contributed by atoms with Gasteiger partial charge >= 0.3 is 0 Å². The molecule has 0 bridgehead atoms. The zero-order valence-electron chi connectivity index (χ0n) is 15.3. The first kappa shape index (κ1) is 17.7. The Hall–Kier alpha value is -2.07. The summed E-state index contributed by atoms with van der Waals surface area (Å²) in [5, 5.41) is 8.79. The van der Waals surface area contributed by atoms with Crippen LogP contribution in [0.4, 0.5) is 5.82 Å². The molecule has 0 unspecified atom stereocenters. The Morgan fingerprint density at radius 3 is 2.60 bits per heavy atom. The predicted molar refractivity (Wildman–Crippen MR) is 106 cm³/mol. The van der Waals surface area contributed by atoms with Crippen molar-refractivity contribution in [1.29, 1.82) is 0 Å². The normalized spacial score (nSPS) is 11.9. The summed E-state index contributed by atoms with van der Waals surface area (Å²) in [6.45, 7) is 9.63. The van der Waals surface area contributed by atoms with Crippen molar-refractivity contribution in [3.8, 4) is 11.1 Å². The molecule has 4 nitrogen and oxygen atoms in total. The highest BCUT2D eigenvalue weighted by Gasteiger charge is 2.21. The first-order valence-electron chi connectivity index (χ1n) is 8.80. The summed E-state index contributed by atoms with van der Waals surface area (Å²) in [7, 11) is 0. The van der Waals surface area contributed by atoms with Gasteiger partial charge in [0.05, 0.1) is 11.9 Å². The fraction of sp³-hybridized carbons (Fsp3) is 0.400. The number of anilines is 1. The summed E-state index contributed by atoms with van der Waals surface area (Å²) < 4.78 is 1.88. The van der Waals surface area contributed by atoms with Gasteiger partial charge in [-0.25, -0.2) is 4.98 Å². The molecule has 0 aliphatic rings. The predicted octanol–water partition coefficient (Wildman–Crippen LogP) is 5.56. The fourth-order valence-electron chi connectivity index (χ4n) is 2.74. The Bertz CT molecular complexity index is 877. The number of nitrogens with zero attached hydrogens (tertiary/aromatic N) is 3. The molecule has 3 aromatic rings. The molecule has 132 valence electrons. The molecule has 3 rings (SSSR count). The Balaban J connectivity index is 2.18. The van der Waals surface area contributed by atoms with Crippen LogP contribution in [0.3, 0.4) is 0 Å². The van der Waals surface area contributed by atoms with Crippen LogP contribution in [0.15, 0.2) is 36.5 Å². The van der Waals surface area contributed by atoms with Crippen LogP contribution in [0, 0.1) is 0 Å². The minimum atomic E-state index is -0.0506. The van der Waals surface area contributed by atoms with Gasteiger partial charge < -0.3 is 5.32 Å². The van der Waals surface area contributed by atoms with E-state index in [-0.39, 0.29) is 5.41 Å². The van der Waals surface area contributed by atoms with Crippen molar-refractivity contribution in [3.63, 3.8) is 0 Å². The van der Waals surface area contributed by atoms with Crippen LogP contribution < -0.4 is 5.32 Å². The van der Waals surface area contributed by atoms with Crippen LogP contribution in [-0.2, 0) is 5.41 Å². The number of nitrogens with one attached hydrogen (secondary N) is 1. The number of halogens is 1. The zero-order valence-corrected chi connectivity index (χ0v) is 16.1. The minimum Gasteiger partial charge on any atom is -0.370 e. The first-order valence-corrected chi connectivity index (χ1v) is 9.17. The number of fused-ring (bicyclic) bond motifs is 1. The maximum absolute atomic E-state index is 6.41. The molecule has 0 aliphatic heterocycles. The highest BCUT2D eigenvalue weighted by atomic mass is 35.5. The molecule has 0 amide bonds. The van der Waals surface area contributed by atoms with E-state index in [9.17, 15) is 0 Å². The molecule has 0 saturated carbocycles. The van der Waals surface area contributed by atoms with Crippen LogP contribution in [0.25, 0.3) is 16.8 Å². The number of hydrogen-bond acceptors (Lipinski definition) is 3. The van der Waals surface area contributed by atoms with Gasteiger partial charge in [0, 0.05) is 34.2 Å². The third-order valence-corrected chi connectivity index (χ3v) is 4.57. The maximum atomic E-state index is 6.41. The molecule has 0 radical (unpaired) electrons. The number of hydrogen-bond donors (Lipinski definition) is 1. The number of unbranched alkanes of at least 4 members (excludes halogenated alkanes) is 1. The first-order chi connectivity index (χ1) is 11.9. The molecule has 5 heteroatoms. The van der Waals surface area contributed by atoms with E-state index in [1.54, 1.807) is 0 Å². The van der Waals surface area contributed by atoms with Gasteiger partial charge in [-0.05, 0) is 12.5 Å². The topological polar surface area (TPSA) is 42.2 Å². The second-order valence-corrected chi connectivity index (χ2v) is 7.74. The summed E-state index contributed by atoms with van der Waals surface area (Å²) in [4.78, 5) is 4.91. The summed E-state index contributed by atoms with van der Waals surface area (Å²) >= 11 is 6.41. The van der Waals surface area contributed by atoms with E-state index < -0.39 is 0 Å². The van der Waals surface area contributed by atoms with Crippen molar-refractivity contribution in [2.45, 2.75) is 46.0 Å². The molecule has 1 aromatic carbocycles. The lowest BCUT2D eigenvalue weighted by Gasteiger charge is -2.20. The molecule has 2 aromatic heterocycles. The smallest absolute Gasteiger partial charge is 0.165 e. The van der Waals surface area contributed by atoms with Crippen LogP contribution in [0.1, 0.15) is 46.2 Å². The van der Waals surface area contributed by atoms with E-state index in [1.165, 1.54) is 0 Å². The highest BCUT2D eigenvalue weighted by Crippen LogP contribution is 2.33. The second kappa shape index (κ2) is 7.04. The molecule has 0 aliphatic carbocycles. The summed E-state index contributed by atoms with van der Waals surface area (Å²) in [6.07, 6.45) is 4.12. The molecule has 0 spiro atoms. The zero-order chi connectivity index (χ0) is 18.0. The van der Waals surface area contributed by atoms with Crippen LogP contribution >= 0.6 is 11.6 Å². The summed E-state index contributed by atoms with van der Waals surface area (Å²) in [5.41, 5.74) is 3.73. The van der Waals surface area contributed by atoms with Gasteiger partial charge in [0.25, 0.3) is 0 Å². The fourth-order valence-corrected chi connectivity index (χ4v) is 2.97. The molecular formula is C20H25ClN4. The van der Waals surface area contributed by atoms with Gasteiger partial charge in [-0.2, -0.15) is 9.61 Å². The largest absolute Gasteiger partial charge is 0.370 e. The van der Waals surface area contributed by atoms with Crippen LogP contribution in [0.2, 0.25) is 5.02 Å². The van der Waals surface area contributed by atoms with Gasteiger partial charge in [0.15, 0.2) is 5.65 Å². The van der Waals surface area contributed by atoms with Crippen molar-refractivity contribution >= 4 is 23.1 Å². The molecule has 0 atom stereocenters. The van der Waals surface area contributed by atoms with Crippen molar-refractivity contribution in [1.82, 2.24) is 14.6 Å². The molecule has 1 N–H and O–H groups in total. The average molecular weight is 357 g/mol. The van der Waals surface area contributed by atoms with Gasteiger partial charge in [-0.3, -0.25) is 0 Å². The Labute approximate surface area is 154 Å². The monoisotopic (exact) mass is 356 g/mol. The van der Waals surface area contributed by atoms with Gasteiger partial charge in [-0.1, -0.05) is 63.9 Å². The van der Waals surface area contributed by atoms with Crippen molar-refractivity contribution in [2.24, 2.45) is 0 Å². The van der Waals surface area contributed by atoms with Crippen molar-refractivity contribution in [3.05, 3.63) is 47.2 Å². The third-order valence-electron chi connectivity index (χ3n) is 4.24. The lowest BCUT2D eigenvalue weighted by Crippen LogP contribution is -2.17. The second-order valence-electron chi connectivity index (χ2n) is 7.33. The lowest BCUT2D eigenvalue weighted by atomic mass is 9.92. The van der Waals surface area contributed by atoms with Crippen LogP contribution in [-0.4, -0.2) is 21.1 Å². The number of aromatic nitrogens is 3. The van der Waals surface area contributed by atoms with Crippen molar-refractivity contribution < 1.29 is 0 Å². The van der Waals surface area contributed by atoms with Gasteiger partial charge in [0.1, 0.15) is 5.82 Å². The summed E-state index contributed by atoms with van der Waals surface area (Å²) in [6, 6.07) is 9.93. The molecule has 0 saturated heterocycles.